The van der Waals surface area contributed by atoms with Gasteiger partial charge in [-0.25, -0.2) is 0 Å². The van der Waals surface area contributed by atoms with E-state index in [-0.39, 0.29) is 17.6 Å². The first kappa shape index (κ1) is 16.4. The normalized spacial score (nSPS) is 25.0. The maximum atomic E-state index is 5.83. The summed E-state index contributed by atoms with van der Waals surface area (Å²) >= 11 is 0. The SMILES string of the molecule is CCOC(c1noc(C2CC(CC)CCN2)n1)C(C)(C)C. The van der Waals surface area contributed by atoms with Gasteiger partial charge in [0.15, 0.2) is 0 Å². The maximum Gasteiger partial charge on any atom is 0.243 e. The van der Waals surface area contributed by atoms with E-state index >= 15 is 0 Å². The molecule has 1 fully saturated rings. The van der Waals surface area contributed by atoms with Gasteiger partial charge in [0.2, 0.25) is 11.7 Å². The lowest BCUT2D eigenvalue weighted by molar-refractivity contribution is -0.0203. The monoisotopic (exact) mass is 295 g/mol. The summed E-state index contributed by atoms with van der Waals surface area (Å²) in [6, 6.07) is 0.187. The van der Waals surface area contributed by atoms with Gasteiger partial charge in [-0.05, 0) is 37.6 Å². The third-order valence-corrected chi connectivity index (χ3v) is 4.20. The number of rotatable bonds is 5. The molecule has 0 amide bonds. The summed E-state index contributed by atoms with van der Waals surface area (Å²) in [5, 5.41) is 7.66. The van der Waals surface area contributed by atoms with Gasteiger partial charge in [-0.3, -0.25) is 0 Å². The summed E-state index contributed by atoms with van der Waals surface area (Å²) in [6.07, 6.45) is 3.39. The van der Waals surface area contributed by atoms with Gasteiger partial charge in [-0.15, -0.1) is 0 Å². The highest BCUT2D eigenvalue weighted by Crippen LogP contribution is 2.35. The molecule has 2 heterocycles. The van der Waals surface area contributed by atoms with Crippen molar-refractivity contribution in [3.05, 3.63) is 11.7 Å². The van der Waals surface area contributed by atoms with Crippen LogP contribution in [0.25, 0.3) is 0 Å². The molecular weight excluding hydrogens is 266 g/mol. The largest absolute Gasteiger partial charge is 0.370 e. The molecule has 1 N–H and O–H groups in total. The Bertz CT molecular complexity index is 439. The standard InChI is InChI=1S/C16H29N3O2/c1-6-11-8-9-17-12(10-11)15-18-14(19-21-15)13(20-7-2)16(3,4)5/h11-13,17H,6-10H2,1-5H3. The predicted octanol–water partition coefficient (Wildman–Crippen LogP) is 3.64. The second-order valence-corrected chi connectivity index (χ2v) is 7.00. The van der Waals surface area contributed by atoms with E-state index in [1.165, 1.54) is 12.8 Å². The molecule has 0 aromatic carbocycles. The van der Waals surface area contributed by atoms with E-state index < -0.39 is 0 Å². The maximum absolute atomic E-state index is 5.83. The minimum absolute atomic E-state index is 0.0525. The summed E-state index contributed by atoms with van der Waals surface area (Å²) in [5.74, 6) is 2.12. The van der Waals surface area contributed by atoms with Crippen molar-refractivity contribution in [1.29, 1.82) is 0 Å². The smallest absolute Gasteiger partial charge is 0.243 e. The first-order chi connectivity index (χ1) is 9.95. The molecule has 0 saturated carbocycles. The van der Waals surface area contributed by atoms with Crippen molar-refractivity contribution in [3.8, 4) is 0 Å². The first-order valence-electron chi connectivity index (χ1n) is 8.14. The Labute approximate surface area is 127 Å². The van der Waals surface area contributed by atoms with Gasteiger partial charge in [0.25, 0.3) is 0 Å². The molecule has 1 aliphatic heterocycles. The molecule has 21 heavy (non-hydrogen) atoms. The molecule has 0 radical (unpaired) electrons. The molecule has 0 spiro atoms. The Kier molecular flexibility index (Phi) is 5.38. The molecular formula is C16H29N3O2. The molecule has 0 bridgehead atoms. The highest BCUT2D eigenvalue weighted by molar-refractivity contribution is 5.00. The number of nitrogens with one attached hydrogen (secondary N) is 1. The van der Waals surface area contributed by atoms with Crippen LogP contribution >= 0.6 is 0 Å². The summed E-state index contributed by atoms with van der Waals surface area (Å²) in [6.45, 7) is 12.3. The van der Waals surface area contributed by atoms with Gasteiger partial charge >= 0.3 is 0 Å². The van der Waals surface area contributed by atoms with Crippen LogP contribution in [0.1, 0.15) is 77.7 Å². The summed E-state index contributed by atoms with van der Waals surface area (Å²) in [7, 11) is 0. The molecule has 1 aliphatic rings. The zero-order valence-electron chi connectivity index (χ0n) is 14.0. The zero-order valence-corrected chi connectivity index (χ0v) is 14.0. The van der Waals surface area contributed by atoms with Gasteiger partial charge < -0.3 is 14.6 Å². The summed E-state index contributed by atoms with van der Waals surface area (Å²) in [4.78, 5) is 4.62. The van der Waals surface area contributed by atoms with Crippen molar-refractivity contribution in [2.75, 3.05) is 13.2 Å². The Morgan fingerprint density at radius 2 is 2.14 bits per heavy atom. The summed E-state index contributed by atoms with van der Waals surface area (Å²) in [5.41, 5.74) is -0.0525. The fourth-order valence-electron chi connectivity index (χ4n) is 2.93. The van der Waals surface area contributed by atoms with Gasteiger partial charge in [0.05, 0.1) is 6.04 Å². The highest BCUT2D eigenvalue weighted by atomic mass is 16.5. The van der Waals surface area contributed by atoms with E-state index in [0.717, 1.165) is 18.9 Å². The topological polar surface area (TPSA) is 60.2 Å². The molecule has 2 rings (SSSR count). The molecule has 120 valence electrons. The van der Waals surface area contributed by atoms with Crippen LogP contribution in [0.2, 0.25) is 0 Å². The molecule has 1 saturated heterocycles. The van der Waals surface area contributed by atoms with E-state index in [0.29, 0.717) is 18.3 Å². The van der Waals surface area contributed by atoms with Crippen molar-refractivity contribution in [3.63, 3.8) is 0 Å². The average Bonchev–Trinajstić information content (AvgIpc) is 2.93. The average molecular weight is 295 g/mol. The molecule has 0 aliphatic carbocycles. The van der Waals surface area contributed by atoms with Crippen LogP contribution in [-0.4, -0.2) is 23.3 Å². The van der Waals surface area contributed by atoms with E-state index in [2.05, 4.69) is 43.2 Å². The van der Waals surface area contributed by atoms with Crippen LogP contribution in [0, 0.1) is 11.3 Å². The lowest BCUT2D eigenvalue weighted by atomic mass is 9.88. The highest BCUT2D eigenvalue weighted by Gasteiger charge is 2.33. The second-order valence-electron chi connectivity index (χ2n) is 7.00. The van der Waals surface area contributed by atoms with Crippen LogP contribution in [0.15, 0.2) is 4.52 Å². The van der Waals surface area contributed by atoms with E-state index in [9.17, 15) is 0 Å². The third kappa shape index (κ3) is 4.04. The molecule has 5 nitrogen and oxygen atoms in total. The van der Waals surface area contributed by atoms with Gasteiger partial charge in [-0.2, -0.15) is 4.98 Å². The summed E-state index contributed by atoms with van der Waals surface area (Å²) < 4.78 is 11.3. The van der Waals surface area contributed by atoms with Gasteiger partial charge in [0.1, 0.15) is 6.10 Å². The van der Waals surface area contributed by atoms with E-state index in [1.54, 1.807) is 0 Å². The molecule has 5 heteroatoms. The quantitative estimate of drug-likeness (QED) is 0.898. The van der Waals surface area contributed by atoms with Crippen LogP contribution in [-0.2, 0) is 4.74 Å². The number of hydrogen-bond acceptors (Lipinski definition) is 5. The Morgan fingerprint density at radius 3 is 2.76 bits per heavy atom. The number of piperidine rings is 1. The lowest BCUT2D eigenvalue weighted by Gasteiger charge is -2.28. The van der Waals surface area contributed by atoms with Crippen molar-refractivity contribution in [2.45, 2.75) is 66.0 Å². The van der Waals surface area contributed by atoms with E-state index in [1.807, 2.05) is 6.92 Å². The number of nitrogens with zero attached hydrogens (tertiary/aromatic N) is 2. The van der Waals surface area contributed by atoms with Gasteiger partial charge in [0, 0.05) is 6.61 Å². The number of hydrogen-bond donors (Lipinski definition) is 1. The van der Waals surface area contributed by atoms with Gasteiger partial charge in [-0.1, -0.05) is 39.3 Å². The second kappa shape index (κ2) is 6.88. The first-order valence-corrected chi connectivity index (χ1v) is 8.14. The minimum atomic E-state index is -0.134. The van der Waals surface area contributed by atoms with Crippen LogP contribution < -0.4 is 5.32 Å². The van der Waals surface area contributed by atoms with Crippen LogP contribution in [0.3, 0.4) is 0 Å². The minimum Gasteiger partial charge on any atom is -0.370 e. The lowest BCUT2D eigenvalue weighted by Crippen LogP contribution is -2.31. The zero-order chi connectivity index (χ0) is 15.5. The van der Waals surface area contributed by atoms with Crippen LogP contribution in [0.4, 0.5) is 0 Å². The number of aromatic nitrogens is 2. The third-order valence-electron chi connectivity index (χ3n) is 4.20. The molecule has 1 aromatic heterocycles. The molecule has 1 aromatic rings. The Hall–Kier alpha value is -0.940. The van der Waals surface area contributed by atoms with Crippen LogP contribution in [0.5, 0.6) is 0 Å². The van der Waals surface area contributed by atoms with Crippen molar-refractivity contribution in [2.24, 2.45) is 11.3 Å². The molecule has 3 atom stereocenters. The Balaban J connectivity index is 2.12. The predicted molar refractivity (Wildman–Crippen MR) is 81.9 cm³/mol. The fourth-order valence-corrected chi connectivity index (χ4v) is 2.93. The van der Waals surface area contributed by atoms with E-state index in [4.69, 9.17) is 9.26 Å². The van der Waals surface area contributed by atoms with Crippen molar-refractivity contribution in [1.82, 2.24) is 15.5 Å². The Morgan fingerprint density at radius 1 is 1.38 bits per heavy atom. The molecule has 3 unspecified atom stereocenters. The van der Waals surface area contributed by atoms with Crippen molar-refractivity contribution >= 4 is 0 Å². The fraction of sp³-hybridized carbons (Fsp3) is 0.875. The van der Waals surface area contributed by atoms with Crippen molar-refractivity contribution < 1.29 is 9.26 Å². The number of ether oxygens (including phenoxy) is 1.